The van der Waals surface area contributed by atoms with E-state index in [9.17, 15) is 10.2 Å². The van der Waals surface area contributed by atoms with Crippen molar-refractivity contribution in [2.75, 3.05) is 31.6 Å². The average molecular weight is 236 g/mol. The van der Waals surface area contributed by atoms with Crippen molar-refractivity contribution in [1.82, 2.24) is 5.32 Å². The highest BCUT2D eigenvalue weighted by molar-refractivity contribution is 5.48. The van der Waals surface area contributed by atoms with Gasteiger partial charge in [-0.05, 0) is 50.2 Å². The van der Waals surface area contributed by atoms with Crippen LogP contribution in [0.3, 0.4) is 0 Å². The summed E-state index contributed by atoms with van der Waals surface area (Å²) in [6, 6.07) is 7.05. The third-order valence-electron chi connectivity index (χ3n) is 3.36. The van der Waals surface area contributed by atoms with Gasteiger partial charge in [-0.2, -0.15) is 0 Å². The quantitative estimate of drug-likeness (QED) is 0.731. The van der Waals surface area contributed by atoms with Gasteiger partial charge in [-0.1, -0.05) is 0 Å². The lowest BCUT2D eigenvalue weighted by molar-refractivity contribution is 0.0183. The molecule has 0 aromatic heterocycles. The molecule has 0 aliphatic carbocycles. The van der Waals surface area contributed by atoms with Crippen LogP contribution < -0.4 is 10.2 Å². The van der Waals surface area contributed by atoms with E-state index in [1.54, 1.807) is 12.1 Å². The normalized spacial score (nSPS) is 18.9. The van der Waals surface area contributed by atoms with Crippen molar-refractivity contribution < 1.29 is 10.2 Å². The van der Waals surface area contributed by atoms with Crippen molar-refractivity contribution in [3.8, 4) is 5.75 Å². The lowest BCUT2D eigenvalue weighted by Crippen LogP contribution is -2.49. The fourth-order valence-corrected chi connectivity index (χ4v) is 2.29. The lowest BCUT2D eigenvalue weighted by atomic mass is 9.92. The van der Waals surface area contributed by atoms with Gasteiger partial charge in [0, 0.05) is 19.3 Å². The highest BCUT2D eigenvalue weighted by atomic mass is 16.3. The van der Waals surface area contributed by atoms with E-state index < -0.39 is 5.60 Å². The molecule has 1 fully saturated rings. The first-order valence-corrected chi connectivity index (χ1v) is 6.02. The number of hydrogen-bond acceptors (Lipinski definition) is 4. The van der Waals surface area contributed by atoms with Crippen molar-refractivity contribution in [2.45, 2.75) is 18.4 Å². The number of nitrogens with one attached hydrogen (secondary N) is 1. The number of nitrogens with zero attached hydrogens (tertiary/aromatic N) is 1. The Labute approximate surface area is 102 Å². The number of phenolic OH excluding ortho intramolecular Hbond substituents is 1. The third-order valence-corrected chi connectivity index (χ3v) is 3.36. The average Bonchev–Trinajstić information content (AvgIpc) is 2.30. The van der Waals surface area contributed by atoms with Crippen LogP contribution in [0.4, 0.5) is 5.69 Å². The fraction of sp³-hybridized carbons (Fsp3) is 0.538. The van der Waals surface area contributed by atoms with E-state index in [0.717, 1.165) is 31.6 Å². The van der Waals surface area contributed by atoms with E-state index in [4.69, 9.17) is 0 Å². The molecule has 4 heteroatoms. The zero-order valence-corrected chi connectivity index (χ0v) is 10.2. The number of rotatable bonds is 3. The zero-order chi connectivity index (χ0) is 12.3. The molecule has 17 heavy (non-hydrogen) atoms. The van der Waals surface area contributed by atoms with Crippen LogP contribution in [0.2, 0.25) is 0 Å². The maximum absolute atomic E-state index is 10.4. The van der Waals surface area contributed by atoms with Crippen LogP contribution in [-0.2, 0) is 0 Å². The Hall–Kier alpha value is -1.26. The number of anilines is 1. The summed E-state index contributed by atoms with van der Waals surface area (Å²) >= 11 is 0. The van der Waals surface area contributed by atoms with Crippen LogP contribution in [-0.4, -0.2) is 42.5 Å². The highest BCUT2D eigenvalue weighted by Gasteiger charge is 2.30. The third kappa shape index (κ3) is 3.11. The molecule has 1 aliphatic heterocycles. The lowest BCUT2D eigenvalue weighted by Gasteiger charge is -2.36. The number of aliphatic hydroxyl groups is 1. The van der Waals surface area contributed by atoms with Crippen molar-refractivity contribution in [3.05, 3.63) is 24.3 Å². The van der Waals surface area contributed by atoms with Crippen molar-refractivity contribution in [2.24, 2.45) is 0 Å². The number of aromatic hydroxyl groups is 1. The molecule has 1 aromatic carbocycles. The second-order valence-corrected chi connectivity index (χ2v) is 4.85. The van der Waals surface area contributed by atoms with Crippen molar-refractivity contribution >= 4 is 5.69 Å². The molecule has 0 atom stereocenters. The van der Waals surface area contributed by atoms with Crippen LogP contribution in [0.1, 0.15) is 12.8 Å². The van der Waals surface area contributed by atoms with E-state index >= 15 is 0 Å². The molecule has 1 saturated heterocycles. The summed E-state index contributed by atoms with van der Waals surface area (Å²) < 4.78 is 0. The smallest absolute Gasteiger partial charge is 0.115 e. The van der Waals surface area contributed by atoms with E-state index in [-0.39, 0.29) is 5.75 Å². The molecule has 94 valence electrons. The van der Waals surface area contributed by atoms with Crippen LogP contribution in [0.25, 0.3) is 0 Å². The Bertz CT molecular complexity index is 358. The Morgan fingerprint density at radius 2 is 1.82 bits per heavy atom. The molecule has 2 rings (SSSR count). The topological polar surface area (TPSA) is 55.7 Å². The predicted octanol–water partition coefficient (Wildman–Crippen LogP) is 0.943. The number of benzene rings is 1. The minimum atomic E-state index is -0.599. The Balaban J connectivity index is 2.00. The first kappa shape index (κ1) is 12.2. The maximum atomic E-state index is 10.4. The molecule has 0 bridgehead atoms. The standard InChI is InChI=1S/C13H20N2O2/c1-15(11-2-4-12(16)5-3-11)10-13(17)6-8-14-9-7-13/h2-5,14,16-17H,6-10H2,1H3. The monoisotopic (exact) mass is 236 g/mol. The molecule has 1 aromatic rings. The summed E-state index contributed by atoms with van der Waals surface area (Å²) in [7, 11) is 1.96. The van der Waals surface area contributed by atoms with Gasteiger partial charge in [-0.3, -0.25) is 0 Å². The summed E-state index contributed by atoms with van der Waals surface area (Å²) in [5.41, 5.74) is 0.410. The molecule has 1 heterocycles. The Morgan fingerprint density at radius 3 is 2.41 bits per heavy atom. The van der Waals surface area contributed by atoms with Crippen molar-refractivity contribution in [3.63, 3.8) is 0 Å². The molecule has 0 spiro atoms. The number of likely N-dealkylation sites (N-methyl/N-ethyl adjacent to an activating group) is 1. The van der Waals surface area contributed by atoms with Gasteiger partial charge in [0.2, 0.25) is 0 Å². The summed E-state index contributed by atoms with van der Waals surface area (Å²) in [4.78, 5) is 2.03. The molecular weight excluding hydrogens is 216 g/mol. The van der Waals surface area contributed by atoms with E-state index in [0.29, 0.717) is 6.54 Å². The van der Waals surface area contributed by atoms with Crippen LogP contribution in [0.15, 0.2) is 24.3 Å². The first-order chi connectivity index (χ1) is 8.09. The van der Waals surface area contributed by atoms with Gasteiger partial charge in [-0.25, -0.2) is 0 Å². The number of hydrogen-bond donors (Lipinski definition) is 3. The first-order valence-electron chi connectivity index (χ1n) is 6.02. The van der Waals surface area contributed by atoms with Crippen LogP contribution in [0, 0.1) is 0 Å². The van der Waals surface area contributed by atoms with Gasteiger partial charge in [0.15, 0.2) is 0 Å². The van der Waals surface area contributed by atoms with Gasteiger partial charge < -0.3 is 20.4 Å². The van der Waals surface area contributed by atoms with Gasteiger partial charge in [0.05, 0.1) is 5.60 Å². The largest absolute Gasteiger partial charge is 0.508 e. The molecule has 4 nitrogen and oxygen atoms in total. The Kier molecular flexibility index (Phi) is 3.54. The minimum absolute atomic E-state index is 0.266. The van der Waals surface area contributed by atoms with Gasteiger partial charge in [0.1, 0.15) is 5.75 Å². The van der Waals surface area contributed by atoms with Gasteiger partial charge in [-0.15, -0.1) is 0 Å². The molecule has 0 saturated carbocycles. The minimum Gasteiger partial charge on any atom is -0.508 e. The second-order valence-electron chi connectivity index (χ2n) is 4.85. The predicted molar refractivity (Wildman–Crippen MR) is 68.4 cm³/mol. The molecule has 0 unspecified atom stereocenters. The fourth-order valence-electron chi connectivity index (χ4n) is 2.29. The molecular formula is C13H20N2O2. The molecule has 1 aliphatic rings. The van der Waals surface area contributed by atoms with Crippen LogP contribution >= 0.6 is 0 Å². The zero-order valence-electron chi connectivity index (χ0n) is 10.2. The van der Waals surface area contributed by atoms with E-state index in [2.05, 4.69) is 5.32 Å². The molecule has 0 radical (unpaired) electrons. The summed E-state index contributed by atoms with van der Waals surface area (Å²) in [6.45, 7) is 2.37. The summed E-state index contributed by atoms with van der Waals surface area (Å²) in [5.74, 6) is 0.266. The van der Waals surface area contributed by atoms with E-state index in [1.807, 2.05) is 24.1 Å². The number of phenols is 1. The summed E-state index contributed by atoms with van der Waals surface area (Å²) in [6.07, 6.45) is 1.57. The van der Waals surface area contributed by atoms with Crippen molar-refractivity contribution in [1.29, 1.82) is 0 Å². The van der Waals surface area contributed by atoms with Gasteiger partial charge >= 0.3 is 0 Å². The maximum Gasteiger partial charge on any atom is 0.115 e. The van der Waals surface area contributed by atoms with E-state index in [1.165, 1.54) is 0 Å². The highest BCUT2D eigenvalue weighted by Crippen LogP contribution is 2.23. The van der Waals surface area contributed by atoms with Crippen LogP contribution in [0.5, 0.6) is 5.75 Å². The number of piperidine rings is 1. The Morgan fingerprint density at radius 1 is 1.24 bits per heavy atom. The molecule has 3 N–H and O–H groups in total. The SMILES string of the molecule is CN(CC1(O)CCNCC1)c1ccc(O)cc1. The summed E-state index contributed by atoms with van der Waals surface area (Å²) in [5, 5.41) is 22.9. The van der Waals surface area contributed by atoms with Gasteiger partial charge in [0.25, 0.3) is 0 Å². The molecule has 0 amide bonds. The second kappa shape index (κ2) is 4.94.